The van der Waals surface area contributed by atoms with E-state index in [4.69, 9.17) is 16.0 Å². The Labute approximate surface area is 199 Å². The molecular weight excluding hydrogens is 464 g/mol. The summed E-state index contributed by atoms with van der Waals surface area (Å²) < 4.78 is 5.99. The number of halogens is 1. The number of furan rings is 1. The predicted octanol–water partition coefficient (Wildman–Crippen LogP) is 6.70. The third kappa shape index (κ3) is 4.53. The smallest absolute Gasteiger partial charge is 0.267 e. The SMILES string of the molecule is Cc1nnc(/N=C2/S/C(=C/c3ccc(-c4cccc(Cl)c4)o3)C(=O)N2C2CCCCC2)s1. The van der Waals surface area contributed by atoms with Gasteiger partial charge in [0.05, 0.1) is 4.91 Å². The Hall–Kier alpha value is -2.42. The van der Waals surface area contributed by atoms with E-state index in [1.165, 1.54) is 29.5 Å². The van der Waals surface area contributed by atoms with E-state index in [2.05, 4.69) is 15.2 Å². The molecule has 3 aromatic rings. The Balaban J connectivity index is 1.46. The molecule has 0 N–H and O–H groups in total. The van der Waals surface area contributed by atoms with Gasteiger partial charge in [0.25, 0.3) is 5.91 Å². The zero-order chi connectivity index (χ0) is 22.1. The number of hydrogen-bond acceptors (Lipinski definition) is 7. The second-order valence-electron chi connectivity index (χ2n) is 7.79. The molecule has 5 rings (SSSR count). The number of amides is 1. The molecule has 1 saturated carbocycles. The molecule has 0 atom stereocenters. The van der Waals surface area contributed by atoms with Crippen molar-refractivity contribution < 1.29 is 9.21 Å². The highest BCUT2D eigenvalue weighted by molar-refractivity contribution is 8.18. The second-order valence-corrected chi connectivity index (χ2v) is 10.4. The summed E-state index contributed by atoms with van der Waals surface area (Å²) in [5, 5.41) is 10.9. The van der Waals surface area contributed by atoms with Gasteiger partial charge < -0.3 is 4.42 Å². The number of aryl methyl sites for hydroxylation is 1. The maximum absolute atomic E-state index is 13.4. The minimum absolute atomic E-state index is 0.0254. The maximum Gasteiger partial charge on any atom is 0.267 e. The van der Waals surface area contributed by atoms with Gasteiger partial charge in [0.15, 0.2) is 5.17 Å². The molecule has 0 radical (unpaired) electrons. The van der Waals surface area contributed by atoms with E-state index in [0.29, 0.717) is 31.7 Å². The summed E-state index contributed by atoms with van der Waals surface area (Å²) in [6, 6.07) is 11.4. The molecule has 2 aliphatic rings. The average Bonchev–Trinajstić information content (AvgIpc) is 3.49. The summed E-state index contributed by atoms with van der Waals surface area (Å²) in [6.07, 6.45) is 7.26. The standard InChI is InChI=1S/C23H21ClN4O2S2/c1-14-26-27-22(31-14)25-23-28(17-8-3-2-4-9-17)21(29)20(32-23)13-18-10-11-19(30-18)15-6-5-7-16(24)12-15/h5-7,10-13,17H,2-4,8-9H2,1H3/b20-13+,25-23+. The number of benzene rings is 1. The molecule has 0 unspecified atom stereocenters. The van der Waals surface area contributed by atoms with Crippen molar-refractivity contribution in [2.75, 3.05) is 0 Å². The van der Waals surface area contributed by atoms with Crippen molar-refractivity contribution in [3.63, 3.8) is 0 Å². The lowest BCUT2D eigenvalue weighted by Crippen LogP contribution is -2.40. The molecule has 1 aliphatic carbocycles. The number of hydrogen-bond donors (Lipinski definition) is 0. The third-order valence-electron chi connectivity index (χ3n) is 5.49. The minimum atomic E-state index is -0.0254. The number of aromatic nitrogens is 2. The van der Waals surface area contributed by atoms with Crippen LogP contribution in [0, 0.1) is 6.92 Å². The molecule has 2 fully saturated rings. The van der Waals surface area contributed by atoms with Gasteiger partial charge >= 0.3 is 0 Å². The van der Waals surface area contributed by atoms with Gasteiger partial charge in [0.2, 0.25) is 5.13 Å². The first-order valence-corrected chi connectivity index (χ1v) is 12.6. The number of nitrogens with zero attached hydrogens (tertiary/aromatic N) is 4. The number of rotatable bonds is 4. The van der Waals surface area contributed by atoms with Crippen LogP contribution in [-0.4, -0.2) is 32.2 Å². The largest absolute Gasteiger partial charge is 0.457 e. The Kier molecular flexibility index (Phi) is 6.17. The number of carbonyl (C=O) groups is 1. The van der Waals surface area contributed by atoms with Crippen molar-refractivity contribution in [2.24, 2.45) is 4.99 Å². The molecule has 3 heterocycles. The normalized spacial score (nSPS) is 20.1. The van der Waals surface area contributed by atoms with Crippen LogP contribution in [-0.2, 0) is 4.79 Å². The second kappa shape index (κ2) is 9.21. The Bertz CT molecular complexity index is 1210. The first-order valence-electron chi connectivity index (χ1n) is 10.5. The summed E-state index contributed by atoms with van der Waals surface area (Å²) in [6.45, 7) is 1.90. The van der Waals surface area contributed by atoms with Crippen LogP contribution < -0.4 is 0 Å². The van der Waals surface area contributed by atoms with Gasteiger partial charge in [-0.25, -0.2) is 0 Å². The summed E-state index contributed by atoms with van der Waals surface area (Å²) in [4.78, 5) is 20.5. The lowest BCUT2D eigenvalue weighted by atomic mass is 9.94. The Morgan fingerprint density at radius 1 is 1.19 bits per heavy atom. The molecular formula is C23H21ClN4O2S2. The minimum Gasteiger partial charge on any atom is -0.457 e. The predicted molar refractivity (Wildman–Crippen MR) is 130 cm³/mol. The first-order chi connectivity index (χ1) is 15.6. The van der Waals surface area contributed by atoms with Crippen LogP contribution in [0.25, 0.3) is 17.4 Å². The van der Waals surface area contributed by atoms with Crippen molar-refractivity contribution in [2.45, 2.75) is 45.1 Å². The van der Waals surface area contributed by atoms with Crippen LogP contribution in [0.1, 0.15) is 42.9 Å². The first kappa shape index (κ1) is 21.4. The van der Waals surface area contributed by atoms with Gasteiger partial charge in [-0.15, -0.1) is 10.2 Å². The van der Waals surface area contributed by atoms with E-state index in [9.17, 15) is 4.79 Å². The van der Waals surface area contributed by atoms with Crippen LogP contribution in [0.5, 0.6) is 0 Å². The van der Waals surface area contributed by atoms with E-state index < -0.39 is 0 Å². The van der Waals surface area contributed by atoms with Crippen molar-refractivity contribution >= 4 is 57.0 Å². The van der Waals surface area contributed by atoms with Crippen LogP contribution in [0.4, 0.5) is 5.13 Å². The molecule has 9 heteroatoms. The monoisotopic (exact) mass is 484 g/mol. The quantitative estimate of drug-likeness (QED) is 0.385. The van der Waals surface area contributed by atoms with Crippen LogP contribution in [0.3, 0.4) is 0 Å². The van der Waals surface area contributed by atoms with E-state index in [0.717, 1.165) is 36.3 Å². The highest BCUT2D eigenvalue weighted by Gasteiger charge is 2.39. The van der Waals surface area contributed by atoms with Crippen molar-refractivity contribution in [1.82, 2.24) is 15.1 Å². The molecule has 32 heavy (non-hydrogen) atoms. The fourth-order valence-corrected chi connectivity index (χ4v) is 5.82. The van der Waals surface area contributed by atoms with Gasteiger partial charge in [-0.3, -0.25) is 9.69 Å². The molecule has 2 aromatic heterocycles. The number of thioether (sulfide) groups is 1. The third-order valence-corrected chi connectivity index (χ3v) is 7.44. The lowest BCUT2D eigenvalue weighted by molar-refractivity contribution is -0.124. The highest BCUT2D eigenvalue weighted by atomic mass is 35.5. The van der Waals surface area contributed by atoms with E-state index >= 15 is 0 Å². The van der Waals surface area contributed by atoms with Gasteiger partial charge in [0, 0.05) is 22.7 Å². The summed E-state index contributed by atoms with van der Waals surface area (Å²) in [5.74, 6) is 1.30. The Morgan fingerprint density at radius 2 is 2.03 bits per heavy atom. The van der Waals surface area contributed by atoms with E-state index in [1.807, 2.05) is 48.2 Å². The maximum atomic E-state index is 13.4. The lowest BCUT2D eigenvalue weighted by Gasteiger charge is -2.30. The van der Waals surface area contributed by atoms with Crippen molar-refractivity contribution in [3.8, 4) is 11.3 Å². The summed E-state index contributed by atoms with van der Waals surface area (Å²) >= 11 is 8.90. The molecule has 1 saturated heterocycles. The fraction of sp³-hybridized carbons (Fsp3) is 0.304. The molecule has 1 aliphatic heterocycles. The van der Waals surface area contributed by atoms with Crippen molar-refractivity contribution in [1.29, 1.82) is 0 Å². The van der Waals surface area contributed by atoms with Gasteiger partial charge in [-0.05, 0) is 55.8 Å². The van der Waals surface area contributed by atoms with E-state index in [1.54, 1.807) is 6.08 Å². The number of amidine groups is 1. The van der Waals surface area contributed by atoms with Crippen molar-refractivity contribution in [3.05, 3.63) is 57.1 Å². The Morgan fingerprint density at radius 3 is 2.78 bits per heavy atom. The van der Waals surface area contributed by atoms with Crippen LogP contribution >= 0.6 is 34.7 Å². The molecule has 0 bridgehead atoms. The topological polar surface area (TPSA) is 71.6 Å². The molecule has 6 nitrogen and oxygen atoms in total. The van der Waals surface area contributed by atoms with E-state index in [-0.39, 0.29) is 11.9 Å². The molecule has 164 valence electrons. The fourth-order valence-electron chi connectivity index (χ4n) is 4.00. The molecule has 0 spiro atoms. The van der Waals surface area contributed by atoms with Crippen LogP contribution in [0.2, 0.25) is 5.02 Å². The van der Waals surface area contributed by atoms with Gasteiger partial charge in [-0.2, -0.15) is 4.99 Å². The zero-order valence-electron chi connectivity index (χ0n) is 17.5. The zero-order valence-corrected chi connectivity index (χ0v) is 19.8. The van der Waals surface area contributed by atoms with Gasteiger partial charge in [0.1, 0.15) is 16.5 Å². The molecule has 1 amide bonds. The van der Waals surface area contributed by atoms with Crippen LogP contribution in [0.15, 0.2) is 50.7 Å². The number of carbonyl (C=O) groups excluding carboxylic acids is 1. The highest BCUT2D eigenvalue weighted by Crippen LogP contribution is 2.39. The average molecular weight is 485 g/mol. The summed E-state index contributed by atoms with van der Waals surface area (Å²) in [5.41, 5.74) is 0.894. The van der Waals surface area contributed by atoms with Gasteiger partial charge in [-0.1, -0.05) is 54.3 Å². The number of aliphatic imine (C=N–C) groups is 1. The molecule has 1 aromatic carbocycles. The summed E-state index contributed by atoms with van der Waals surface area (Å²) in [7, 11) is 0.